The van der Waals surface area contributed by atoms with Crippen LogP contribution in [0.4, 0.5) is 5.82 Å². The van der Waals surface area contributed by atoms with Gasteiger partial charge < -0.3 is 25.8 Å². The highest BCUT2D eigenvalue weighted by Crippen LogP contribution is 2.38. The smallest absolute Gasteiger partial charge is 0.326 e. The molecule has 1 amide bonds. The van der Waals surface area contributed by atoms with E-state index in [0.717, 1.165) is 16.3 Å². The van der Waals surface area contributed by atoms with Crippen LogP contribution in [-0.4, -0.2) is 64.1 Å². The highest BCUT2D eigenvalue weighted by atomic mass is 35.5. The Kier molecular flexibility index (Phi) is 11.6. The minimum absolute atomic E-state index is 0.0173. The number of benzene rings is 2. The van der Waals surface area contributed by atoms with Crippen LogP contribution in [0.2, 0.25) is 5.02 Å². The summed E-state index contributed by atoms with van der Waals surface area (Å²) in [6.45, 7) is 2.95. The van der Waals surface area contributed by atoms with Crippen LogP contribution in [0.15, 0.2) is 58.9 Å². The van der Waals surface area contributed by atoms with E-state index in [1.54, 1.807) is 31.3 Å². The van der Waals surface area contributed by atoms with Crippen molar-refractivity contribution < 1.29 is 19.4 Å². The first-order valence-electron chi connectivity index (χ1n) is 14.0. The van der Waals surface area contributed by atoms with Crippen molar-refractivity contribution in [1.29, 1.82) is 10.5 Å². The number of aromatic nitrogens is 2. The summed E-state index contributed by atoms with van der Waals surface area (Å²) in [6, 6.07) is 16.8. The molecule has 0 aliphatic heterocycles. The Morgan fingerprint density at radius 1 is 1.09 bits per heavy atom. The maximum atomic E-state index is 12.4. The summed E-state index contributed by atoms with van der Waals surface area (Å²) in [5.74, 6) is -0.397. The molecule has 2 atom stereocenters. The van der Waals surface area contributed by atoms with E-state index in [1.807, 2.05) is 29.6 Å². The van der Waals surface area contributed by atoms with Crippen LogP contribution in [0.3, 0.4) is 0 Å². The third-order valence-corrected chi connectivity index (χ3v) is 9.07. The number of nitrogens with two attached hydrogens (primary N) is 1. The number of carboxylic acids is 1. The molecule has 0 unspecified atom stereocenters. The number of thioether (sulfide) groups is 1. The van der Waals surface area contributed by atoms with Gasteiger partial charge in [0.15, 0.2) is 0 Å². The van der Waals surface area contributed by atoms with Crippen LogP contribution in [0.5, 0.6) is 5.75 Å². The van der Waals surface area contributed by atoms with Crippen LogP contribution < -0.4 is 15.8 Å². The minimum Gasteiger partial charge on any atom is -0.492 e. The summed E-state index contributed by atoms with van der Waals surface area (Å²) in [5, 5.41) is 36.6. The summed E-state index contributed by atoms with van der Waals surface area (Å²) in [5.41, 5.74) is 9.00. The molecule has 0 aliphatic rings. The van der Waals surface area contributed by atoms with Crippen molar-refractivity contribution >= 4 is 52.4 Å². The van der Waals surface area contributed by atoms with Gasteiger partial charge in [-0.15, -0.1) is 11.3 Å². The van der Waals surface area contributed by atoms with Gasteiger partial charge in [-0.1, -0.05) is 47.6 Å². The van der Waals surface area contributed by atoms with E-state index in [1.165, 1.54) is 41.8 Å². The lowest BCUT2D eigenvalue weighted by molar-refractivity contribution is -0.150. The van der Waals surface area contributed by atoms with E-state index in [2.05, 4.69) is 22.4 Å². The zero-order valence-corrected chi connectivity index (χ0v) is 27.5. The number of nitriles is 2. The van der Waals surface area contributed by atoms with E-state index in [-0.39, 0.29) is 24.3 Å². The Hall–Kier alpha value is -4.66. The van der Waals surface area contributed by atoms with E-state index in [9.17, 15) is 25.2 Å². The second-order valence-electron chi connectivity index (χ2n) is 10.0. The topological polar surface area (TPSA) is 178 Å². The van der Waals surface area contributed by atoms with Crippen molar-refractivity contribution in [2.75, 3.05) is 25.5 Å². The number of carbonyl (C=O) groups excluding carboxylic acids is 1. The third kappa shape index (κ3) is 7.94. The van der Waals surface area contributed by atoms with E-state index in [0.29, 0.717) is 38.5 Å². The van der Waals surface area contributed by atoms with Gasteiger partial charge in [-0.05, 0) is 43.7 Å². The Balaban J connectivity index is 1.55. The molecule has 4 N–H and O–H groups in total. The molecule has 0 saturated heterocycles. The van der Waals surface area contributed by atoms with Gasteiger partial charge in [0.2, 0.25) is 5.91 Å². The van der Waals surface area contributed by atoms with Gasteiger partial charge >= 0.3 is 5.97 Å². The molecule has 4 aromatic rings. The molecule has 0 aliphatic carbocycles. The van der Waals surface area contributed by atoms with E-state index >= 15 is 0 Å². The Bertz CT molecular complexity index is 1800. The molecule has 0 bridgehead atoms. The molecule has 46 heavy (non-hydrogen) atoms. The summed E-state index contributed by atoms with van der Waals surface area (Å²) >= 11 is 8.87. The maximum Gasteiger partial charge on any atom is 0.326 e. The third-order valence-electron chi connectivity index (χ3n) is 6.87. The lowest BCUT2D eigenvalue weighted by Gasteiger charge is -2.28. The Labute approximate surface area is 279 Å². The number of pyridine rings is 1. The largest absolute Gasteiger partial charge is 0.492 e. The number of carbonyl (C=O) groups is 2. The molecule has 4 rings (SSSR count). The zero-order valence-electron chi connectivity index (χ0n) is 25.2. The molecular formula is C32H30ClN7O4S2. The minimum atomic E-state index is -1.15. The Morgan fingerprint density at radius 2 is 1.74 bits per heavy atom. The molecule has 236 valence electrons. The summed E-state index contributed by atoms with van der Waals surface area (Å²) in [6.07, 6.45) is 0. The first-order valence-corrected chi connectivity index (χ1v) is 16.2. The SMILES string of the molecule is CNc1nc(SCc2csc(-c3ccc(Cl)cc3)n2)c(C#N)c(-c2ccc(OCCN(C(=O)[C@H](C)N)[C@@H](C)C(=O)O)cc2)c1C#N. The predicted octanol–water partition coefficient (Wildman–Crippen LogP) is 5.63. The molecule has 0 radical (unpaired) electrons. The standard InChI is InChI=1S/C32H30ClN7O4S2/c1-18(36)31(41)40(19(2)32(42)43)12-13-44-24-10-6-20(7-11-24)27-25(14-34)28(37-3)39-30(26(27)15-35)46-17-23-16-45-29(38-23)21-4-8-22(33)9-5-21/h4-11,16,18-19H,12-13,17,36H2,1-3H3,(H,37,39)(H,42,43)/t18-,19-/m0/s1. The number of rotatable bonds is 13. The second kappa shape index (κ2) is 15.6. The number of hydrogen-bond donors (Lipinski definition) is 3. The molecule has 0 spiro atoms. The summed E-state index contributed by atoms with van der Waals surface area (Å²) < 4.78 is 5.80. The quantitative estimate of drug-likeness (QED) is 0.150. The molecule has 11 nitrogen and oxygen atoms in total. The number of hydrogen-bond acceptors (Lipinski definition) is 11. The van der Waals surface area contributed by atoms with Crippen molar-refractivity contribution in [3.63, 3.8) is 0 Å². The molecule has 2 aromatic heterocycles. The fourth-order valence-corrected chi connectivity index (χ4v) is 6.40. The average molecular weight is 676 g/mol. The van der Waals surface area contributed by atoms with Crippen molar-refractivity contribution in [3.8, 4) is 39.6 Å². The lowest BCUT2D eigenvalue weighted by Crippen LogP contribution is -2.50. The Morgan fingerprint density at radius 3 is 2.33 bits per heavy atom. The van der Waals surface area contributed by atoms with E-state index in [4.69, 9.17) is 27.1 Å². The highest BCUT2D eigenvalue weighted by Gasteiger charge is 2.27. The van der Waals surface area contributed by atoms with Crippen molar-refractivity contribution in [3.05, 3.63) is 75.8 Å². The number of carboxylic acid groups (broad SMARTS) is 1. The number of thiazole rings is 1. The lowest BCUT2D eigenvalue weighted by atomic mass is 9.96. The predicted molar refractivity (Wildman–Crippen MR) is 179 cm³/mol. The van der Waals surface area contributed by atoms with Crippen LogP contribution >= 0.6 is 34.7 Å². The monoisotopic (exact) mass is 675 g/mol. The van der Waals surface area contributed by atoms with Crippen LogP contribution in [0, 0.1) is 22.7 Å². The fourth-order valence-electron chi connectivity index (χ4n) is 4.46. The van der Waals surface area contributed by atoms with Crippen LogP contribution in [0.1, 0.15) is 30.7 Å². The number of halogens is 1. The maximum absolute atomic E-state index is 12.4. The van der Waals surface area contributed by atoms with Crippen LogP contribution in [0.25, 0.3) is 21.7 Å². The first kappa shape index (κ1) is 34.2. The van der Waals surface area contributed by atoms with Crippen LogP contribution in [-0.2, 0) is 15.3 Å². The number of nitrogens with one attached hydrogen (secondary N) is 1. The number of aliphatic carboxylic acids is 1. The number of anilines is 1. The first-order chi connectivity index (χ1) is 22.1. The number of amides is 1. The number of ether oxygens (including phenoxy) is 1. The van der Waals surface area contributed by atoms with Gasteiger partial charge in [-0.2, -0.15) is 10.5 Å². The normalized spacial score (nSPS) is 12.0. The number of nitrogens with zero attached hydrogens (tertiary/aromatic N) is 5. The van der Waals surface area contributed by atoms with Gasteiger partial charge in [0.1, 0.15) is 52.0 Å². The molecule has 0 fully saturated rings. The zero-order chi connectivity index (χ0) is 33.4. The average Bonchev–Trinajstić information content (AvgIpc) is 3.54. The second-order valence-corrected chi connectivity index (χ2v) is 12.3. The summed E-state index contributed by atoms with van der Waals surface area (Å²) in [4.78, 5) is 34.4. The van der Waals surface area contributed by atoms with Crippen molar-refractivity contribution in [1.82, 2.24) is 14.9 Å². The molecule has 2 heterocycles. The molecular weight excluding hydrogens is 646 g/mol. The van der Waals surface area contributed by atoms with Gasteiger partial charge in [0, 0.05) is 34.3 Å². The van der Waals surface area contributed by atoms with Gasteiger partial charge in [-0.3, -0.25) is 4.79 Å². The molecule has 0 saturated carbocycles. The summed E-state index contributed by atoms with van der Waals surface area (Å²) in [7, 11) is 1.66. The van der Waals surface area contributed by atoms with Gasteiger partial charge in [0.05, 0.1) is 23.8 Å². The molecule has 14 heteroatoms. The van der Waals surface area contributed by atoms with E-state index < -0.39 is 24.0 Å². The fraction of sp³-hybridized carbons (Fsp3) is 0.250. The van der Waals surface area contributed by atoms with Gasteiger partial charge in [0.25, 0.3) is 0 Å². The molecule has 2 aromatic carbocycles. The van der Waals surface area contributed by atoms with Crippen molar-refractivity contribution in [2.45, 2.75) is 36.7 Å². The van der Waals surface area contributed by atoms with Crippen molar-refractivity contribution in [2.24, 2.45) is 5.73 Å². The van der Waals surface area contributed by atoms with Gasteiger partial charge in [-0.25, -0.2) is 14.8 Å². The highest BCUT2D eigenvalue weighted by molar-refractivity contribution is 7.98.